The summed E-state index contributed by atoms with van der Waals surface area (Å²) in [4.78, 5) is 11.2. The van der Waals surface area contributed by atoms with Gasteiger partial charge in [-0.15, -0.1) is 0 Å². The van der Waals surface area contributed by atoms with Gasteiger partial charge in [-0.25, -0.2) is 14.4 Å². The fourth-order valence-electron chi connectivity index (χ4n) is 3.82. The Balaban J connectivity index is 1.50. The first kappa shape index (κ1) is 22.3. The zero-order valence-electron chi connectivity index (χ0n) is 18.1. The molecule has 2 heterocycles. The molecule has 1 fully saturated rings. The minimum atomic E-state index is -0.464. The average Bonchev–Trinajstić information content (AvgIpc) is 2.81. The van der Waals surface area contributed by atoms with Gasteiger partial charge >= 0.3 is 0 Å². The second-order valence-corrected chi connectivity index (χ2v) is 8.17. The maximum Gasteiger partial charge on any atom is 0.144 e. The van der Waals surface area contributed by atoms with Gasteiger partial charge in [0, 0.05) is 30.2 Å². The predicted molar refractivity (Wildman–Crippen MR) is 129 cm³/mol. The topological polar surface area (TPSA) is 62.3 Å². The van der Waals surface area contributed by atoms with Crippen molar-refractivity contribution in [3.63, 3.8) is 0 Å². The monoisotopic (exact) mass is 455 g/mol. The number of aromatic nitrogens is 2. The molecule has 6 nitrogen and oxygen atoms in total. The molecule has 3 aromatic rings. The Kier molecular flexibility index (Phi) is 7.39. The smallest absolute Gasteiger partial charge is 0.144 e. The molecular weight excluding hydrogens is 429 g/mol. The summed E-state index contributed by atoms with van der Waals surface area (Å²) in [5, 5.41) is 7.48. The molecule has 0 saturated carbocycles. The van der Waals surface area contributed by atoms with Crippen molar-refractivity contribution in [2.45, 2.75) is 19.3 Å². The van der Waals surface area contributed by atoms with Crippen molar-refractivity contribution in [1.29, 1.82) is 0 Å². The molecule has 0 atom stereocenters. The number of fused-ring (bicyclic) bond motifs is 1. The lowest BCUT2D eigenvalue weighted by Crippen LogP contribution is -2.29. The first-order chi connectivity index (χ1) is 15.6. The Morgan fingerprint density at radius 2 is 1.97 bits per heavy atom. The number of nitrogens with one attached hydrogen (secondary N) is 2. The van der Waals surface area contributed by atoms with Crippen molar-refractivity contribution in [3.8, 4) is 5.75 Å². The SMILES string of the molecule is COc1cc2ncnc(Nc3ccc(F)c(Cl)c3)c2cc1NCC=CCN1CCCCC1. The third kappa shape index (κ3) is 5.47. The van der Waals surface area contributed by atoms with E-state index in [4.69, 9.17) is 16.3 Å². The number of methoxy groups -OCH3 is 1. The van der Waals surface area contributed by atoms with Gasteiger partial charge in [0.1, 0.15) is 23.7 Å². The molecule has 1 aromatic heterocycles. The number of benzene rings is 2. The second kappa shape index (κ2) is 10.6. The Bertz CT molecular complexity index is 1100. The van der Waals surface area contributed by atoms with Gasteiger partial charge in [-0.2, -0.15) is 0 Å². The molecule has 2 aromatic carbocycles. The number of hydrogen-bond acceptors (Lipinski definition) is 6. The van der Waals surface area contributed by atoms with Crippen LogP contribution in [0.5, 0.6) is 5.75 Å². The van der Waals surface area contributed by atoms with Gasteiger partial charge in [0.2, 0.25) is 0 Å². The summed E-state index contributed by atoms with van der Waals surface area (Å²) in [6.45, 7) is 4.04. The van der Waals surface area contributed by atoms with Gasteiger partial charge in [0.05, 0.1) is 23.3 Å². The summed E-state index contributed by atoms with van der Waals surface area (Å²) in [7, 11) is 1.64. The molecule has 2 N–H and O–H groups in total. The van der Waals surface area contributed by atoms with E-state index in [1.807, 2.05) is 12.1 Å². The fourth-order valence-corrected chi connectivity index (χ4v) is 4.00. The van der Waals surface area contributed by atoms with E-state index in [9.17, 15) is 4.39 Å². The Morgan fingerprint density at radius 3 is 2.75 bits per heavy atom. The minimum Gasteiger partial charge on any atom is -0.495 e. The van der Waals surface area contributed by atoms with Gasteiger partial charge in [0.25, 0.3) is 0 Å². The van der Waals surface area contributed by atoms with Crippen molar-refractivity contribution < 1.29 is 9.13 Å². The van der Waals surface area contributed by atoms with Crippen molar-refractivity contribution in [3.05, 3.63) is 59.7 Å². The third-order valence-electron chi connectivity index (χ3n) is 5.53. The molecule has 1 saturated heterocycles. The van der Waals surface area contributed by atoms with Gasteiger partial charge < -0.3 is 15.4 Å². The zero-order chi connectivity index (χ0) is 22.3. The quantitative estimate of drug-likeness (QED) is 0.429. The van der Waals surface area contributed by atoms with Crippen LogP contribution in [0.25, 0.3) is 10.9 Å². The normalized spacial score (nSPS) is 14.7. The fraction of sp³-hybridized carbons (Fsp3) is 0.333. The first-order valence-electron chi connectivity index (χ1n) is 10.8. The third-order valence-corrected chi connectivity index (χ3v) is 5.82. The van der Waals surface area contributed by atoms with Gasteiger partial charge in [-0.05, 0) is 50.2 Å². The number of likely N-dealkylation sites (tertiary alicyclic amines) is 1. The Morgan fingerprint density at radius 1 is 1.12 bits per heavy atom. The second-order valence-electron chi connectivity index (χ2n) is 7.76. The highest BCUT2D eigenvalue weighted by Gasteiger charge is 2.11. The first-order valence-corrected chi connectivity index (χ1v) is 11.2. The lowest BCUT2D eigenvalue weighted by molar-refractivity contribution is 0.251. The van der Waals surface area contributed by atoms with Crippen LogP contribution in [0.1, 0.15) is 19.3 Å². The molecule has 0 amide bonds. The summed E-state index contributed by atoms with van der Waals surface area (Å²) in [6, 6.07) is 8.30. The molecule has 0 bridgehead atoms. The average molecular weight is 456 g/mol. The number of rotatable bonds is 8. The van der Waals surface area contributed by atoms with Crippen molar-refractivity contribution in [1.82, 2.24) is 14.9 Å². The van der Waals surface area contributed by atoms with Crippen molar-refractivity contribution in [2.24, 2.45) is 0 Å². The summed E-state index contributed by atoms with van der Waals surface area (Å²) in [6.07, 6.45) is 9.76. The van der Waals surface area contributed by atoms with Crippen LogP contribution in [0.4, 0.5) is 21.6 Å². The van der Waals surface area contributed by atoms with Crippen LogP contribution in [0.3, 0.4) is 0 Å². The van der Waals surface area contributed by atoms with E-state index < -0.39 is 5.82 Å². The lowest BCUT2D eigenvalue weighted by Gasteiger charge is -2.24. The summed E-state index contributed by atoms with van der Waals surface area (Å²) in [5.74, 6) is 0.842. The molecule has 4 rings (SSSR count). The summed E-state index contributed by atoms with van der Waals surface area (Å²) in [5.41, 5.74) is 2.22. The van der Waals surface area contributed by atoms with Crippen LogP contribution in [-0.4, -0.2) is 48.2 Å². The summed E-state index contributed by atoms with van der Waals surface area (Å²) >= 11 is 5.91. The maximum absolute atomic E-state index is 13.5. The molecule has 0 unspecified atom stereocenters. The number of anilines is 3. The standard InChI is InChI=1S/C24H27ClFN5O/c1-32-23-15-21-18(14-22(23)27-9-3-6-12-31-10-4-2-5-11-31)24(29-16-28-21)30-17-7-8-20(26)19(25)13-17/h3,6-8,13-16,27H,2,4-5,9-12H2,1H3,(H,28,29,30). The van der Waals surface area contributed by atoms with E-state index in [0.29, 0.717) is 23.8 Å². The Hall–Kier alpha value is -2.90. The van der Waals surface area contributed by atoms with Gasteiger partial charge in [-0.1, -0.05) is 30.2 Å². The summed E-state index contributed by atoms with van der Waals surface area (Å²) < 4.78 is 19.0. The van der Waals surface area contributed by atoms with E-state index in [1.54, 1.807) is 13.2 Å². The highest BCUT2D eigenvalue weighted by molar-refractivity contribution is 6.31. The minimum absolute atomic E-state index is 0.0497. The molecule has 0 spiro atoms. The highest BCUT2D eigenvalue weighted by atomic mass is 35.5. The number of halogens is 2. The largest absolute Gasteiger partial charge is 0.495 e. The van der Waals surface area contributed by atoms with Crippen LogP contribution < -0.4 is 15.4 Å². The van der Waals surface area contributed by atoms with E-state index in [-0.39, 0.29) is 5.02 Å². The van der Waals surface area contributed by atoms with Crippen molar-refractivity contribution in [2.75, 3.05) is 43.9 Å². The molecule has 0 radical (unpaired) electrons. The van der Waals surface area contributed by atoms with E-state index in [2.05, 4.69) is 37.7 Å². The predicted octanol–water partition coefficient (Wildman–Crippen LogP) is 5.63. The zero-order valence-corrected chi connectivity index (χ0v) is 18.8. The molecule has 1 aliphatic heterocycles. The number of nitrogens with zero attached hydrogens (tertiary/aromatic N) is 3. The molecule has 1 aliphatic rings. The molecule has 8 heteroatoms. The number of ether oxygens (including phenoxy) is 1. The molecular formula is C24H27ClFN5O. The van der Waals surface area contributed by atoms with Gasteiger partial charge in [0.15, 0.2) is 0 Å². The molecule has 32 heavy (non-hydrogen) atoms. The van der Waals surface area contributed by atoms with E-state index in [0.717, 1.165) is 23.1 Å². The van der Waals surface area contributed by atoms with Crippen molar-refractivity contribution >= 4 is 39.7 Å². The van der Waals surface area contributed by atoms with Crippen LogP contribution in [-0.2, 0) is 0 Å². The van der Waals surface area contributed by atoms with Gasteiger partial charge in [-0.3, -0.25) is 4.90 Å². The Labute approximate surface area is 192 Å². The number of piperidine rings is 1. The van der Waals surface area contributed by atoms with Crippen LogP contribution in [0.15, 0.2) is 48.8 Å². The van der Waals surface area contributed by atoms with Crippen LogP contribution in [0.2, 0.25) is 5.02 Å². The maximum atomic E-state index is 13.5. The lowest BCUT2D eigenvalue weighted by atomic mass is 10.1. The van der Waals surface area contributed by atoms with Crippen LogP contribution >= 0.6 is 11.6 Å². The molecule has 0 aliphatic carbocycles. The number of hydrogen-bond donors (Lipinski definition) is 2. The van der Waals surface area contributed by atoms with E-state index >= 15 is 0 Å². The van der Waals surface area contributed by atoms with Crippen LogP contribution in [0, 0.1) is 5.82 Å². The molecule has 168 valence electrons. The highest BCUT2D eigenvalue weighted by Crippen LogP contribution is 2.33. The van der Waals surface area contributed by atoms with E-state index in [1.165, 1.54) is 50.8 Å².